The zero-order valence-electron chi connectivity index (χ0n) is 9.62. The first kappa shape index (κ1) is 13.0. The molecule has 0 fully saturated rings. The Balaban J connectivity index is 2.44. The molecule has 2 aromatic rings. The minimum atomic E-state index is -1.21. The maximum absolute atomic E-state index is 13.6. The average Bonchev–Trinajstić information content (AvgIpc) is 2.35. The smallest absolute Gasteiger partial charge is 0.142 e. The Morgan fingerprint density at radius 2 is 1.78 bits per heavy atom. The van der Waals surface area contributed by atoms with Gasteiger partial charge in [0.1, 0.15) is 17.7 Å². The van der Waals surface area contributed by atoms with Crippen molar-refractivity contribution in [3.63, 3.8) is 0 Å². The van der Waals surface area contributed by atoms with Gasteiger partial charge >= 0.3 is 0 Å². The van der Waals surface area contributed by atoms with Crippen LogP contribution in [0.25, 0.3) is 0 Å². The van der Waals surface area contributed by atoms with E-state index in [-0.39, 0.29) is 16.1 Å². The highest BCUT2D eigenvalue weighted by Gasteiger charge is 2.16. The molecule has 2 aromatic carbocycles. The van der Waals surface area contributed by atoms with Gasteiger partial charge in [0, 0.05) is 5.56 Å². The lowest BCUT2D eigenvalue weighted by Crippen LogP contribution is -2.03. The predicted molar refractivity (Wildman–Crippen MR) is 66.6 cm³/mol. The number of aryl methyl sites for hydroxylation is 1. The molecule has 0 saturated carbocycles. The van der Waals surface area contributed by atoms with E-state index in [2.05, 4.69) is 0 Å². The summed E-state index contributed by atoms with van der Waals surface area (Å²) in [4.78, 5) is 0. The van der Waals surface area contributed by atoms with Gasteiger partial charge in [0.25, 0.3) is 0 Å². The van der Waals surface area contributed by atoms with Gasteiger partial charge in [-0.15, -0.1) is 0 Å². The van der Waals surface area contributed by atoms with Crippen LogP contribution in [0.3, 0.4) is 0 Å². The van der Waals surface area contributed by atoms with Crippen molar-refractivity contribution in [2.24, 2.45) is 0 Å². The van der Waals surface area contributed by atoms with E-state index in [0.717, 1.165) is 11.6 Å². The van der Waals surface area contributed by atoms with Gasteiger partial charge in [-0.3, -0.25) is 0 Å². The number of hydrogen-bond acceptors (Lipinski definition) is 1. The van der Waals surface area contributed by atoms with E-state index >= 15 is 0 Å². The third-order valence-corrected chi connectivity index (χ3v) is 3.01. The fourth-order valence-electron chi connectivity index (χ4n) is 1.73. The van der Waals surface area contributed by atoms with Crippen LogP contribution in [0, 0.1) is 18.6 Å². The van der Waals surface area contributed by atoms with Crippen LogP contribution in [-0.4, -0.2) is 5.11 Å². The summed E-state index contributed by atoms with van der Waals surface area (Å²) < 4.78 is 26.9. The van der Waals surface area contributed by atoms with Crippen LogP contribution in [0.15, 0.2) is 36.4 Å². The predicted octanol–water partition coefficient (Wildman–Crippen LogP) is 4.01. The van der Waals surface area contributed by atoms with Gasteiger partial charge in [0.15, 0.2) is 0 Å². The maximum atomic E-state index is 13.6. The highest BCUT2D eigenvalue weighted by Crippen LogP contribution is 2.27. The molecule has 18 heavy (non-hydrogen) atoms. The van der Waals surface area contributed by atoms with Gasteiger partial charge in [-0.2, -0.15) is 0 Å². The van der Waals surface area contributed by atoms with E-state index in [4.69, 9.17) is 11.6 Å². The van der Waals surface area contributed by atoms with E-state index < -0.39 is 17.7 Å². The molecule has 0 saturated heterocycles. The normalized spacial score (nSPS) is 12.5. The maximum Gasteiger partial charge on any atom is 0.142 e. The Labute approximate surface area is 109 Å². The number of benzene rings is 2. The standard InChI is InChI=1S/C14H11ClF2O/c1-8-2-5-12(16)10(6-8)14(18)9-3-4-11(15)13(17)7-9/h2-7,14,18H,1H3. The minimum absolute atomic E-state index is 0.0318. The topological polar surface area (TPSA) is 20.2 Å². The van der Waals surface area contributed by atoms with Gasteiger partial charge in [-0.05, 0) is 30.7 Å². The molecule has 1 nitrogen and oxygen atoms in total. The molecule has 0 aliphatic rings. The molecule has 1 unspecified atom stereocenters. The molecule has 2 rings (SSSR count). The van der Waals surface area contributed by atoms with Crippen molar-refractivity contribution in [2.75, 3.05) is 0 Å². The second kappa shape index (κ2) is 5.04. The Hall–Kier alpha value is -1.45. The summed E-state index contributed by atoms with van der Waals surface area (Å²) in [7, 11) is 0. The second-order valence-electron chi connectivity index (χ2n) is 4.10. The van der Waals surface area contributed by atoms with Crippen molar-refractivity contribution in [2.45, 2.75) is 13.0 Å². The van der Waals surface area contributed by atoms with Crippen LogP contribution in [0.1, 0.15) is 22.8 Å². The quantitative estimate of drug-likeness (QED) is 0.873. The van der Waals surface area contributed by atoms with Crippen molar-refractivity contribution >= 4 is 11.6 Å². The number of hydrogen-bond donors (Lipinski definition) is 1. The van der Waals surface area contributed by atoms with E-state index in [1.54, 1.807) is 13.0 Å². The number of aliphatic hydroxyl groups excluding tert-OH is 1. The van der Waals surface area contributed by atoms with Crippen molar-refractivity contribution < 1.29 is 13.9 Å². The van der Waals surface area contributed by atoms with Gasteiger partial charge < -0.3 is 5.11 Å². The molecule has 0 amide bonds. The fraction of sp³-hybridized carbons (Fsp3) is 0.143. The van der Waals surface area contributed by atoms with E-state index in [1.807, 2.05) is 0 Å². The zero-order chi connectivity index (χ0) is 13.3. The van der Waals surface area contributed by atoms with E-state index in [1.165, 1.54) is 24.3 Å². The van der Waals surface area contributed by atoms with Crippen LogP contribution in [0.4, 0.5) is 8.78 Å². The zero-order valence-corrected chi connectivity index (χ0v) is 10.4. The van der Waals surface area contributed by atoms with Crippen LogP contribution in [0.2, 0.25) is 5.02 Å². The van der Waals surface area contributed by atoms with Gasteiger partial charge in [0.2, 0.25) is 0 Å². The Morgan fingerprint density at radius 3 is 2.44 bits per heavy atom. The van der Waals surface area contributed by atoms with E-state index in [0.29, 0.717) is 0 Å². The summed E-state index contributed by atoms with van der Waals surface area (Å²) in [5.41, 5.74) is 1.21. The highest BCUT2D eigenvalue weighted by atomic mass is 35.5. The lowest BCUT2D eigenvalue weighted by Gasteiger charge is -2.13. The first-order chi connectivity index (χ1) is 8.49. The third-order valence-electron chi connectivity index (χ3n) is 2.71. The summed E-state index contributed by atoms with van der Waals surface area (Å²) in [5.74, 6) is -1.16. The lowest BCUT2D eigenvalue weighted by atomic mass is 9.99. The molecule has 0 spiro atoms. The largest absolute Gasteiger partial charge is 0.384 e. The molecule has 0 aliphatic heterocycles. The summed E-state index contributed by atoms with van der Waals surface area (Å²) in [6, 6.07) is 8.33. The molecule has 1 atom stereocenters. The van der Waals surface area contributed by atoms with Crippen LogP contribution >= 0.6 is 11.6 Å². The first-order valence-corrected chi connectivity index (χ1v) is 5.76. The summed E-state index contributed by atoms with van der Waals surface area (Å²) >= 11 is 5.56. The number of rotatable bonds is 2. The summed E-state index contributed by atoms with van der Waals surface area (Å²) in [6.45, 7) is 1.79. The molecule has 1 N–H and O–H groups in total. The molecule has 0 aliphatic carbocycles. The monoisotopic (exact) mass is 268 g/mol. The average molecular weight is 269 g/mol. The van der Waals surface area contributed by atoms with Crippen molar-refractivity contribution in [3.05, 3.63) is 69.7 Å². The SMILES string of the molecule is Cc1ccc(F)c(C(O)c2ccc(Cl)c(F)c2)c1. The van der Waals surface area contributed by atoms with Crippen LogP contribution < -0.4 is 0 Å². The van der Waals surface area contributed by atoms with Gasteiger partial charge in [-0.25, -0.2) is 8.78 Å². The van der Waals surface area contributed by atoms with Crippen molar-refractivity contribution in [1.29, 1.82) is 0 Å². The third kappa shape index (κ3) is 2.52. The van der Waals surface area contributed by atoms with Crippen LogP contribution in [0.5, 0.6) is 0 Å². The highest BCUT2D eigenvalue weighted by molar-refractivity contribution is 6.30. The molecule has 0 aromatic heterocycles. The lowest BCUT2D eigenvalue weighted by molar-refractivity contribution is 0.214. The fourth-order valence-corrected chi connectivity index (χ4v) is 1.85. The molecular weight excluding hydrogens is 258 g/mol. The number of aliphatic hydroxyl groups is 1. The molecule has 0 heterocycles. The van der Waals surface area contributed by atoms with Crippen molar-refractivity contribution in [3.8, 4) is 0 Å². The van der Waals surface area contributed by atoms with E-state index in [9.17, 15) is 13.9 Å². The van der Waals surface area contributed by atoms with Crippen LogP contribution in [-0.2, 0) is 0 Å². The molecule has 4 heteroatoms. The van der Waals surface area contributed by atoms with Crippen molar-refractivity contribution in [1.82, 2.24) is 0 Å². The molecule has 0 radical (unpaired) electrons. The summed E-state index contributed by atoms with van der Waals surface area (Å²) in [6.07, 6.45) is -1.21. The molecule has 94 valence electrons. The summed E-state index contributed by atoms with van der Waals surface area (Å²) in [5, 5.41) is 10.0. The Kier molecular flexibility index (Phi) is 3.64. The Morgan fingerprint density at radius 1 is 1.06 bits per heavy atom. The first-order valence-electron chi connectivity index (χ1n) is 5.38. The van der Waals surface area contributed by atoms with Gasteiger partial charge in [-0.1, -0.05) is 35.4 Å². The minimum Gasteiger partial charge on any atom is -0.384 e. The Bertz CT molecular complexity index is 584. The molecular formula is C14H11ClF2O. The molecule has 0 bridgehead atoms. The van der Waals surface area contributed by atoms with Gasteiger partial charge in [0.05, 0.1) is 5.02 Å². The second-order valence-corrected chi connectivity index (χ2v) is 4.51. The number of halogens is 3.